The van der Waals surface area contributed by atoms with Crippen molar-refractivity contribution in [2.24, 2.45) is 0 Å². The summed E-state index contributed by atoms with van der Waals surface area (Å²) in [5, 5.41) is 3.84. The summed E-state index contributed by atoms with van der Waals surface area (Å²) in [5.74, 6) is 0.0766. The average Bonchev–Trinajstić information content (AvgIpc) is 2.69. The molecule has 1 aromatic carbocycles. The second-order valence-electron chi connectivity index (χ2n) is 3.49. The number of para-hydroxylation sites is 1. The zero-order valence-corrected chi connectivity index (χ0v) is 8.73. The van der Waals surface area contributed by atoms with Gasteiger partial charge in [0.05, 0.1) is 0 Å². The van der Waals surface area contributed by atoms with Gasteiger partial charge in [0.25, 0.3) is 0 Å². The maximum atomic E-state index is 11.1. The van der Waals surface area contributed by atoms with Gasteiger partial charge in [0.15, 0.2) is 0 Å². The molecule has 0 aliphatic heterocycles. The van der Waals surface area contributed by atoms with E-state index in [4.69, 9.17) is 0 Å². The fourth-order valence-corrected chi connectivity index (χ4v) is 1.68. The highest BCUT2D eigenvalue weighted by atomic mass is 16.1. The number of carbonyl (C=O) groups is 1. The summed E-state index contributed by atoms with van der Waals surface area (Å²) in [6.45, 7) is 0.729. The number of nitrogens with zero attached hydrogens (tertiary/aromatic N) is 1. The molecule has 15 heavy (non-hydrogen) atoms. The Balaban J connectivity index is 2.18. The zero-order valence-electron chi connectivity index (χ0n) is 8.73. The van der Waals surface area contributed by atoms with Crippen LogP contribution in [0.5, 0.6) is 0 Å². The van der Waals surface area contributed by atoms with Gasteiger partial charge in [-0.1, -0.05) is 18.2 Å². The van der Waals surface area contributed by atoms with Gasteiger partial charge in [0.1, 0.15) is 0 Å². The summed E-state index contributed by atoms with van der Waals surface area (Å²) in [5.41, 5.74) is 1.18. The third-order valence-corrected chi connectivity index (χ3v) is 2.54. The summed E-state index contributed by atoms with van der Waals surface area (Å²) < 4.78 is 2.10. The van der Waals surface area contributed by atoms with Crippen molar-refractivity contribution < 1.29 is 4.79 Å². The lowest BCUT2D eigenvalue weighted by Gasteiger charge is -2.04. The van der Waals surface area contributed by atoms with Gasteiger partial charge < -0.3 is 9.88 Å². The van der Waals surface area contributed by atoms with Crippen LogP contribution in [0.25, 0.3) is 10.9 Å². The number of carbonyl (C=O) groups excluding carboxylic acids is 1. The zero-order chi connectivity index (χ0) is 10.7. The Morgan fingerprint density at radius 2 is 2.13 bits per heavy atom. The van der Waals surface area contributed by atoms with E-state index in [1.54, 1.807) is 7.05 Å². The van der Waals surface area contributed by atoms with Crippen LogP contribution in [0.1, 0.15) is 6.42 Å². The van der Waals surface area contributed by atoms with Crippen molar-refractivity contribution in [2.45, 2.75) is 13.0 Å². The summed E-state index contributed by atoms with van der Waals surface area (Å²) in [6.07, 6.45) is 2.54. The number of aryl methyl sites for hydroxylation is 1. The first kappa shape index (κ1) is 9.77. The number of rotatable bonds is 3. The molecule has 0 atom stereocenters. The van der Waals surface area contributed by atoms with Crippen molar-refractivity contribution in [3.63, 3.8) is 0 Å². The van der Waals surface area contributed by atoms with Crippen LogP contribution in [0.2, 0.25) is 0 Å². The van der Waals surface area contributed by atoms with E-state index in [9.17, 15) is 4.79 Å². The molecular weight excluding hydrogens is 188 g/mol. The molecule has 1 N–H and O–H groups in total. The lowest BCUT2D eigenvalue weighted by atomic mass is 10.2. The van der Waals surface area contributed by atoms with Crippen molar-refractivity contribution >= 4 is 16.8 Å². The standard InChI is InChI=1S/C12H14N2O/c1-13-12(15)7-9-14-8-6-10-4-2-3-5-11(10)14/h2-6,8H,7,9H2,1H3,(H,13,15). The second kappa shape index (κ2) is 4.17. The van der Waals surface area contributed by atoms with E-state index in [0.717, 1.165) is 6.54 Å². The van der Waals surface area contributed by atoms with Crippen LogP contribution in [0.4, 0.5) is 0 Å². The molecule has 1 aromatic heterocycles. The van der Waals surface area contributed by atoms with E-state index in [1.807, 2.05) is 18.3 Å². The molecule has 0 spiro atoms. The normalized spacial score (nSPS) is 10.5. The number of hydrogen-bond donors (Lipinski definition) is 1. The Kier molecular flexibility index (Phi) is 2.72. The van der Waals surface area contributed by atoms with E-state index >= 15 is 0 Å². The van der Waals surface area contributed by atoms with Gasteiger partial charge in [-0.05, 0) is 17.5 Å². The smallest absolute Gasteiger partial charge is 0.221 e. The fourth-order valence-electron chi connectivity index (χ4n) is 1.68. The molecule has 0 saturated heterocycles. The molecule has 0 saturated carbocycles. The molecule has 3 heteroatoms. The van der Waals surface area contributed by atoms with Crippen LogP contribution in [0.15, 0.2) is 36.5 Å². The van der Waals surface area contributed by atoms with Gasteiger partial charge in [-0.15, -0.1) is 0 Å². The minimum absolute atomic E-state index is 0.0766. The average molecular weight is 202 g/mol. The van der Waals surface area contributed by atoms with Crippen LogP contribution < -0.4 is 5.32 Å². The Hall–Kier alpha value is -1.77. The van der Waals surface area contributed by atoms with Gasteiger partial charge in [0, 0.05) is 31.7 Å². The van der Waals surface area contributed by atoms with Gasteiger partial charge in [-0.25, -0.2) is 0 Å². The molecule has 0 fully saturated rings. The number of aromatic nitrogens is 1. The fraction of sp³-hybridized carbons (Fsp3) is 0.250. The minimum atomic E-state index is 0.0766. The minimum Gasteiger partial charge on any atom is -0.359 e. The van der Waals surface area contributed by atoms with Gasteiger partial charge in [-0.2, -0.15) is 0 Å². The predicted octanol–water partition coefficient (Wildman–Crippen LogP) is 1.78. The summed E-state index contributed by atoms with van der Waals surface area (Å²) in [4.78, 5) is 11.1. The van der Waals surface area contributed by atoms with Crippen LogP contribution in [0.3, 0.4) is 0 Å². The maximum Gasteiger partial charge on any atom is 0.221 e. The largest absolute Gasteiger partial charge is 0.359 e. The van der Waals surface area contributed by atoms with Crippen LogP contribution in [-0.2, 0) is 11.3 Å². The lowest BCUT2D eigenvalue weighted by Crippen LogP contribution is -2.19. The van der Waals surface area contributed by atoms with Crippen LogP contribution in [0, 0.1) is 0 Å². The topological polar surface area (TPSA) is 34.0 Å². The summed E-state index contributed by atoms with van der Waals surface area (Å²) in [7, 11) is 1.66. The maximum absolute atomic E-state index is 11.1. The second-order valence-corrected chi connectivity index (χ2v) is 3.49. The van der Waals surface area contributed by atoms with E-state index in [0.29, 0.717) is 6.42 Å². The van der Waals surface area contributed by atoms with Gasteiger partial charge >= 0.3 is 0 Å². The third kappa shape index (κ3) is 2.01. The Morgan fingerprint density at radius 1 is 1.33 bits per heavy atom. The Bertz CT molecular complexity index is 473. The molecule has 1 heterocycles. The van der Waals surface area contributed by atoms with E-state index in [2.05, 4.69) is 28.1 Å². The molecular formula is C12H14N2O. The number of amides is 1. The molecule has 2 rings (SSSR count). The molecule has 1 amide bonds. The SMILES string of the molecule is CNC(=O)CCn1ccc2ccccc21. The molecule has 0 unspecified atom stereocenters. The van der Waals surface area contributed by atoms with Crippen molar-refractivity contribution in [3.05, 3.63) is 36.5 Å². The van der Waals surface area contributed by atoms with Gasteiger partial charge in [0.2, 0.25) is 5.91 Å². The molecule has 3 nitrogen and oxygen atoms in total. The Morgan fingerprint density at radius 3 is 2.93 bits per heavy atom. The van der Waals surface area contributed by atoms with Crippen LogP contribution in [-0.4, -0.2) is 17.5 Å². The van der Waals surface area contributed by atoms with Crippen molar-refractivity contribution in [1.29, 1.82) is 0 Å². The first-order valence-electron chi connectivity index (χ1n) is 5.06. The van der Waals surface area contributed by atoms with Crippen molar-refractivity contribution in [3.8, 4) is 0 Å². The quantitative estimate of drug-likeness (QED) is 0.808. The molecule has 0 aliphatic carbocycles. The summed E-state index contributed by atoms with van der Waals surface area (Å²) in [6, 6.07) is 10.2. The monoisotopic (exact) mass is 202 g/mol. The molecule has 0 bridgehead atoms. The molecule has 0 radical (unpaired) electrons. The van der Waals surface area contributed by atoms with E-state index in [1.165, 1.54) is 10.9 Å². The van der Waals surface area contributed by atoms with E-state index < -0.39 is 0 Å². The third-order valence-electron chi connectivity index (χ3n) is 2.54. The number of hydrogen-bond acceptors (Lipinski definition) is 1. The molecule has 0 aliphatic rings. The number of nitrogens with one attached hydrogen (secondary N) is 1. The number of benzene rings is 1. The molecule has 78 valence electrons. The first-order valence-corrected chi connectivity index (χ1v) is 5.06. The first-order chi connectivity index (χ1) is 7.31. The highest BCUT2D eigenvalue weighted by Gasteiger charge is 2.02. The number of fused-ring (bicyclic) bond motifs is 1. The highest BCUT2D eigenvalue weighted by Crippen LogP contribution is 2.15. The predicted molar refractivity (Wildman–Crippen MR) is 60.6 cm³/mol. The Labute approximate surface area is 88.7 Å². The van der Waals surface area contributed by atoms with Crippen LogP contribution >= 0.6 is 0 Å². The highest BCUT2D eigenvalue weighted by molar-refractivity contribution is 5.80. The molecule has 2 aromatic rings. The lowest BCUT2D eigenvalue weighted by molar-refractivity contribution is -0.120. The summed E-state index contributed by atoms with van der Waals surface area (Å²) >= 11 is 0. The van der Waals surface area contributed by atoms with Gasteiger partial charge in [-0.3, -0.25) is 4.79 Å². The van der Waals surface area contributed by atoms with Crippen molar-refractivity contribution in [2.75, 3.05) is 7.05 Å². The van der Waals surface area contributed by atoms with Crippen molar-refractivity contribution in [1.82, 2.24) is 9.88 Å². The van der Waals surface area contributed by atoms with E-state index in [-0.39, 0.29) is 5.91 Å².